The third kappa shape index (κ3) is 5.43. The summed E-state index contributed by atoms with van der Waals surface area (Å²) in [5.41, 5.74) is 5.06. The van der Waals surface area contributed by atoms with E-state index in [1.165, 1.54) is 4.68 Å². The van der Waals surface area contributed by atoms with Crippen LogP contribution in [0.3, 0.4) is 0 Å². The average molecular weight is 446 g/mol. The van der Waals surface area contributed by atoms with Gasteiger partial charge in [0.15, 0.2) is 0 Å². The molecule has 0 fully saturated rings. The number of amides is 1. The van der Waals surface area contributed by atoms with Gasteiger partial charge in [-0.15, -0.1) is 10.2 Å². The van der Waals surface area contributed by atoms with Crippen molar-refractivity contribution in [2.24, 2.45) is 5.10 Å². The zero-order chi connectivity index (χ0) is 21.5. The van der Waals surface area contributed by atoms with Crippen LogP contribution < -0.4 is 21.3 Å². The smallest absolute Gasteiger partial charge is 0.264 e. The molecule has 1 heterocycles. The van der Waals surface area contributed by atoms with Crippen LogP contribution in [-0.4, -0.2) is 39.9 Å². The van der Waals surface area contributed by atoms with Gasteiger partial charge in [0.1, 0.15) is 5.75 Å². The number of carbonyl (C=O) groups excluding carboxylic acids is 1. The van der Waals surface area contributed by atoms with Crippen LogP contribution in [0.2, 0.25) is 5.02 Å². The van der Waals surface area contributed by atoms with E-state index in [4.69, 9.17) is 22.2 Å². The summed E-state index contributed by atoms with van der Waals surface area (Å²) in [5, 5.41) is 15.8. The Morgan fingerprint density at radius 1 is 1.33 bits per heavy atom. The lowest BCUT2D eigenvalue weighted by Crippen LogP contribution is -2.17. The summed E-state index contributed by atoms with van der Waals surface area (Å²) in [5.74, 6) is 6.85. The molecule has 2 aromatic carbocycles. The standard InChI is InChI=1S/C19H20ClN7O2S/c1-12-9-14(29-2)7-8-16(12)23-17(28)11-30-19-26-25-18(27(19)21)24-22-10-13-5-3-4-6-15(13)20/h3-10H,11,21H2,1-2H3,(H,23,28)(H,24,25)/b22-10+. The zero-order valence-electron chi connectivity index (χ0n) is 16.3. The summed E-state index contributed by atoms with van der Waals surface area (Å²) in [7, 11) is 1.60. The minimum Gasteiger partial charge on any atom is -0.497 e. The molecule has 30 heavy (non-hydrogen) atoms. The number of methoxy groups -OCH3 is 1. The van der Waals surface area contributed by atoms with Crippen molar-refractivity contribution in [2.45, 2.75) is 12.1 Å². The molecule has 9 nitrogen and oxygen atoms in total. The molecule has 1 aromatic heterocycles. The second-order valence-electron chi connectivity index (χ2n) is 6.09. The van der Waals surface area contributed by atoms with E-state index in [9.17, 15) is 4.79 Å². The molecule has 3 rings (SSSR count). The van der Waals surface area contributed by atoms with Crippen LogP contribution in [0.25, 0.3) is 0 Å². The van der Waals surface area contributed by atoms with E-state index in [2.05, 4.69) is 26.0 Å². The first-order valence-electron chi connectivity index (χ1n) is 8.79. The largest absolute Gasteiger partial charge is 0.497 e. The molecule has 11 heteroatoms. The Morgan fingerprint density at radius 3 is 2.87 bits per heavy atom. The molecule has 0 aliphatic heterocycles. The van der Waals surface area contributed by atoms with Crippen molar-refractivity contribution < 1.29 is 9.53 Å². The Labute approximate surface area is 182 Å². The van der Waals surface area contributed by atoms with Gasteiger partial charge in [-0.25, -0.2) is 10.1 Å². The molecular weight excluding hydrogens is 426 g/mol. The summed E-state index contributed by atoms with van der Waals surface area (Å²) < 4.78 is 6.39. The third-order valence-corrected chi connectivity index (χ3v) is 5.27. The molecule has 0 bridgehead atoms. The number of aromatic nitrogens is 3. The molecule has 4 N–H and O–H groups in total. The minimum absolute atomic E-state index is 0.115. The maximum atomic E-state index is 12.3. The Bertz CT molecular complexity index is 1070. The molecule has 1 amide bonds. The quantitative estimate of drug-likeness (QED) is 0.211. The SMILES string of the molecule is COc1ccc(NC(=O)CSc2nnc(N/N=C/c3ccccc3Cl)n2N)c(C)c1. The topological polar surface area (TPSA) is 119 Å². The van der Waals surface area contributed by atoms with Crippen molar-refractivity contribution in [3.05, 3.63) is 58.6 Å². The molecule has 0 aliphatic rings. The number of anilines is 2. The fourth-order valence-corrected chi connectivity index (χ4v) is 3.25. The van der Waals surface area contributed by atoms with Crippen LogP contribution in [0.1, 0.15) is 11.1 Å². The summed E-state index contributed by atoms with van der Waals surface area (Å²) in [6.07, 6.45) is 1.55. The number of rotatable bonds is 8. The van der Waals surface area contributed by atoms with Crippen LogP contribution in [0, 0.1) is 6.92 Å². The number of benzene rings is 2. The van der Waals surface area contributed by atoms with Crippen molar-refractivity contribution in [3.63, 3.8) is 0 Å². The number of nitrogens with one attached hydrogen (secondary N) is 2. The predicted molar refractivity (Wildman–Crippen MR) is 120 cm³/mol. The van der Waals surface area contributed by atoms with Gasteiger partial charge in [-0.2, -0.15) is 5.10 Å². The van der Waals surface area contributed by atoms with Crippen molar-refractivity contribution in [1.82, 2.24) is 14.9 Å². The van der Waals surface area contributed by atoms with Crippen LogP contribution in [0.5, 0.6) is 5.75 Å². The van der Waals surface area contributed by atoms with Crippen molar-refractivity contribution in [3.8, 4) is 5.75 Å². The lowest BCUT2D eigenvalue weighted by atomic mass is 10.2. The maximum Gasteiger partial charge on any atom is 0.264 e. The Morgan fingerprint density at radius 2 is 2.13 bits per heavy atom. The maximum absolute atomic E-state index is 12.3. The second-order valence-corrected chi connectivity index (χ2v) is 7.44. The summed E-state index contributed by atoms with van der Waals surface area (Å²) in [4.78, 5) is 12.3. The van der Waals surface area contributed by atoms with E-state index in [0.717, 1.165) is 28.6 Å². The zero-order valence-corrected chi connectivity index (χ0v) is 17.9. The molecule has 0 aliphatic carbocycles. The highest BCUT2D eigenvalue weighted by atomic mass is 35.5. The van der Waals surface area contributed by atoms with Gasteiger partial charge in [0.2, 0.25) is 11.1 Å². The van der Waals surface area contributed by atoms with Gasteiger partial charge in [0.05, 0.1) is 19.1 Å². The Hall–Kier alpha value is -3.24. The average Bonchev–Trinajstić information content (AvgIpc) is 3.09. The molecule has 3 aromatic rings. The first-order valence-corrected chi connectivity index (χ1v) is 10.2. The van der Waals surface area contributed by atoms with Gasteiger partial charge in [-0.1, -0.05) is 41.6 Å². The summed E-state index contributed by atoms with van der Waals surface area (Å²) in [6.45, 7) is 1.89. The van der Waals surface area contributed by atoms with Gasteiger partial charge in [0.25, 0.3) is 5.95 Å². The fraction of sp³-hybridized carbons (Fsp3) is 0.158. The molecule has 0 radical (unpaired) electrons. The van der Waals surface area contributed by atoms with Crippen molar-refractivity contribution in [1.29, 1.82) is 0 Å². The van der Waals surface area contributed by atoms with Gasteiger partial charge in [0, 0.05) is 16.3 Å². The van der Waals surface area contributed by atoms with E-state index in [1.807, 2.05) is 31.2 Å². The number of carbonyl (C=O) groups is 1. The summed E-state index contributed by atoms with van der Waals surface area (Å²) in [6, 6.07) is 12.7. The lowest BCUT2D eigenvalue weighted by Gasteiger charge is -2.09. The monoisotopic (exact) mass is 445 g/mol. The fourth-order valence-electron chi connectivity index (χ4n) is 2.41. The van der Waals surface area contributed by atoms with Crippen LogP contribution >= 0.6 is 23.4 Å². The number of aryl methyl sites for hydroxylation is 1. The van der Waals surface area contributed by atoms with E-state index in [-0.39, 0.29) is 17.6 Å². The van der Waals surface area contributed by atoms with Gasteiger partial charge in [-0.3, -0.25) is 4.79 Å². The predicted octanol–water partition coefficient (Wildman–Crippen LogP) is 3.14. The second kappa shape index (κ2) is 9.99. The number of hydrogen-bond donors (Lipinski definition) is 3. The highest BCUT2D eigenvalue weighted by Crippen LogP contribution is 2.22. The minimum atomic E-state index is -0.192. The number of thioether (sulfide) groups is 1. The number of nitrogens with two attached hydrogens (primary N) is 1. The van der Waals surface area contributed by atoms with Crippen molar-refractivity contribution >= 4 is 47.1 Å². The molecule has 0 spiro atoms. The van der Waals surface area contributed by atoms with Crippen LogP contribution in [0.4, 0.5) is 11.6 Å². The number of ether oxygens (including phenoxy) is 1. The van der Waals surface area contributed by atoms with Gasteiger partial charge < -0.3 is 15.9 Å². The molecule has 156 valence electrons. The number of nitrogens with zero attached hydrogens (tertiary/aromatic N) is 4. The van der Waals surface area contributed by atoms with E-state index in [1.54, 1.807) is 31.5 Å². The molecule has 0 saturated carbocycles. The third-order valence-electron chi connectivity index (χ3n) is 3.98. The van der Waals surface area contributed by atoms with Gasteiger partial charge >= 0.3 is 0 Å². The van der Waals surface area contributed by atoms with Gasteiger partial charge in [-0.05, 0) is 36.8 Å². The highest BCUT2D eigenvalue weighted by Gasteiger charge is 2.13. The Balaban J connectivity index is 1.54. The lowest BCUT2D eigenvalue weighted by molar-refractivity contribution is -0.113. The Kier molecular flexibility index (Phi) is 7.15. The first kappa shape index (κ1) is 21.5. The van der Waals surface area contributed by atoms with Crippen molar-refractivity contribution in [2.75, 3.05) is 29.4 Å². The molecular formula is C19H20ClN7O2S. The van der Waals surface area contributed by atoms with E-state index < -0.39 is 0 Å². The van der Waals surface area contributed by atoms with Crippen LogP contribution in [-0.2, 0) is 4.79 Å². The van der Waals surface area contributed by atoms with E-state index in [0.29, 0.717) is 15.9 Å². The number of hydrogen-bond acceptors (Lipinski definition) is 8. The summed E-state index contributed by atoms with van der Waals surface area (Å²) >= 11 is 7.23. The van der Waals surface area contributed by atoms with Crippen LogP contribution in [0.15, 0.2) is 52.7 Å². The number of halogens is 1. The first-order chi connectivity index (χ1) is 14.5. The normalized spacial score (nSPS) is 10.9. The number of nitrogen functional groups attached to an aromatic ring is 1. The molecule has 0 atom stereocenters. The highest BCUT2D eigenvalue weighted by molar-refractivity contribution is 7.99. The molecule has 0 saturated heterocycles. The number of hydrazone groups is 1. The van der Waals surface area contributed by atoms with E-state index >= 15 is 0 Å². The molecule has 0 unspecified atom stereocenters.